The summed E-state index contributed by atoms with van der Waals surface area (Å²) >= 11 is 0. The van der Waals surface area contributed by atoms with Crippen LogP contribution in [0.1, 0.15) is 46.5 Å². The van der Waals surface area contributed by atoms with Crippen molar-refractivity contribution in [2.24, 2.45) is 11.8 Å². The Kier molecular flexibility index (Phi) is 4.79. The van der Waals surface area contributed by atoms with Gasteiger partial charge in [-0.2, -0.15) is 0 Å². The summed E-state index contributed by atoms with van der Waals surface area (Å²) in [5, 5.41) is 0. The van der Waals surface area contributed by atoms with E-state index >= 15 is 0 Å². The zero-order valence-corrected chi connectivity index (χ0v) is 9.55. The SMILES string of the molecule is CCCCN1CC(CC)C(CC)C1. The predicted molar refractivity (Wildman–Crippen MR) is 58.9 cm³/mol. The zero-order chi connectivity index (χ0) is 9.68. The average Bonchev–Trinajstić information content (AvgIpc) is 2.57. The third kappa shape index (κ3) is 2.98. The molecule has 1 aliphatic heterocycles. The summed E-state index contributed by atoms with van der Waals surface area (Å²) in [6.45, 7) is 11.0. The lowest BCUT2D eigenvalue weighted by Gasteiger charge is -2.14. The van der Waals surface area contributed by atoms with Crippen LogP contribution in [0.15, 0.2) is 0 Å². The minimum Gasteiger partial charge on any atom is -0.303 e. The Morgan fingerprint density at radius 2 is 1.54 bits per heavy atom. The van der Waals surface area contributed by atoms with Crippen LogP contribution in [0.5, 0.6) is 0 Å². The molecule has 2 unspecified atom stereocenters. The van der Waals surface area contributed by atoms with Gasteiger partial charge in [0, 0.05) is 13.1 Å². The molecular weight excluding hydrogens is 158 g/mol. The molecule has 0 aromatic heterocycles. The van der Waals surface area contributed by atoms with E-state index in [-0.39, 0.29) is 0 Å². The fraction of sp³-hybridized carbons (Fsp3) is 1.00. The van der Waals surface area contributed by atoms with Crippen LogP contribution in [0.3, 0.4) is 0 Å². The Balaban J connectivity index is 2.30. The van der Waals surface area contributed by atoms with Crippen LogP contribution in [0.25, 0.3) is 0 Å². The number of rotatable bonds is 5. The number of unbranched alkanes of at least 4 members (excludes halogenated alkanes) is 1. The van der Waals surface area contributed by atoms with Crippen molar-refractivity contribution in [1.29, 1.82) is 0 Å². The third-order valence-electron chi connectivity index (χ3n) is 3.53. The first-order chi connectivity index (χ1) is 6.31. The zero-order valence-electron chi connectivity index (χ0n) is 9.55. The van der Waals surface area contributed by atoms with E-state index in [4.69, 9.17) is 0 Å². The maximum atomic E-state index is 2.67. The Labute approximate surface area is 83.5 Å². The molecule has 1 saturated heterocycles. The number of hydrogen-bond acceptors (Lipinski definition) is 1. The molecule has 0 saturated carbocycles. The van der Waals surface area contributed by atoms with Gasteiger partial charge in [-0.1, -0.05) is 40.0 Å². The Morgan fingerprint density at radius 3 is 1.92 bits per heavy atom. The van der Waals surface area contributed by atoms with Crippen molar-refractivity contribution in [2.75, 3.05) is 19.6 Å². The second kappa shape index (κ2) is 5.64. The summed E-state index contributed by atoms with van der Waals surface area (Å²) in [4.78, 5) is 2.67. The molecule has 78 valence electrons. The highest BCUT2D eigenvalue weighted by Crippen LogP contribution is 2.28. The monoisotopic (exact) mass is 183 g/mol. The summed E-state index contributed by atoms with van der Waals surface area (Å²) in [5.74, 6) is 1.98. The second-order valence-electron chi connectivity index (χ2n) is 4.45. The van der Waals surface area contributed by atoms with E-state index < -0.39 is 0 Å². The topological polar surface area (TPSA) is 3.24 Å². The number of nitrogens with zero attached hydrogens (tertiary/aromatic N) is 1. The smallest absolute Gasteiger partial charge is 0.00128 e. The van der Waals surface area contributed by atoms with Gasteiger partial charge in [-0.3, -0.25) is 0 Å². The molecule has 0 N–H and O–H groups in total. The van der Waals surface area contributed by atoms with Crippen LogP contribution in [0.4, 0.5) is 0 Å². The van der Waals surface area contributed by atoms with Crippen molar-refractivity contribution in [2.45, 2.75) is 46.5 Å². The lowest BCUT2D eigenvalue weighted by Crippen LogP contribution is -2.22. The minimum atomic E-state index is 0.988. The molecule has 0 aromatic carbocycles. The molecule has 1 rings (SSSR count). The second-order valence-corrected chi connectivity index (χ2v) is 4.45. The molecular formula is C12H25N. The molecule has 13 heavy (non-hydrogen) atoms. The first-order valence-corrected chi connectivity index (χ1v) is 6.04. The molecule has 0 amide bonds. The maximum absolute atomic E-state index is 2.67. The standard InChI is InChI=1S/C12H25N/c1-4-7-8-13-9-11(5-2)12(6-3)10-13/h11-12H,4-10H2,1-3H3. The highest BCUT2D eigenvalue weighted by atomic mass is 15.1. The van der Waals surface area contributed by atoms with Gasteiger partial charge < -0.3 is 4.90 Å². The van der Waals surface area contributed by atoms with E-state index in [1.165, 1.54) is 45.3 Å². The predicted octanol–water partition coefficient (Wildman–Crippen LogP) is 3.15. The van der Waals surface area contributed by atoms with E-state index in [0.29, 0.717) is 0 Å². The van der Waals surface area contributed by atoms with E-state index in [2.05, 4.69) is 25.7 Å². The summed E-state index contributed by atoms with van der Waals surface area (Å²) in [6.07, 6.45) is 5.47. The van der Waals surface area contributed by atoms with Crippen molar-refractivity contribution in [3.05, 3.63) is 0 Å². The summed E-state index contributed by atoms with van der Waals surface area (Å²) in [5.41, 5.74) is 0. The van der Waals surface area contributed by atoms with Crippen molar-refractivity contribution in [3.8, 4) is 0 Å². The van der Waals surface area contributed by atoms with E-state index in [1.54, 1.807) is 0 Å². The molecule has 1 heteroatoms. The molecule has 1 aliphatic rings. The average molecular weight is 183 g/mol. The quantitative estimate of drug-likeness (QED) is 0.633. The fourth-order valence-electron chi connectivity index (χ4n) is 2.53. The van der Waals surface area contributed by atoms with Crippen LogP contribution in [0, 0.1) is 11.8 Å². The Hall–Kier alpha value is -0.0400. The lowest BCUT2D eigenvalue weighted by atomic mass is 9.92. The fourth-order valence-corrected chi connectivity index (χ4v) is 2.53. The van der Waals surface area contributed by atoms with Gasteiger partial charge in [0.05, 0.1) is 0 Å². The Morgan fingerprint density at radius 1 is 1.00 bits per heavy atom. The van der Waals surface area contributed by atoms with Gasteiger partial charge in [-0.15, -0.1) is 0 Å². The highest BCUT2D eigenvalue weighted by molar-refractivity contribution is 4.82. The van der Waals surface area contributed by atoms with Crippen LogP contribution in [-0.4, -0.2) is 24.5 Å². The van der Waals surface area contributed by atoms with Crippen LogP contribution in [0.2, 0.25) is 0 Å². The van der Waals surface area contributed by atoms with E-state index in [1.807, 2.05) is 0 Å². The van der Waals surface area contributed by atoms with Crippen LogP contribution in [-0.2, 0) is 0 Å². The highest BCUT2D eigenvalue weighted by Gasteiger charge is 2.29. The van der Waals surface area contributed by atoms with Gasteiger partial charge in [0.2, 0.25) is 0 Å². The molecule has 0 spiro atoms. The van der Waals surface area contributed by atoms with Crippen molar-refractivity contribution in [1.82, 2.24) is 4.90 Å². The first kappa shape index (κ1) is 11.0. The van der Waals surface area contributed by atoms with E-state index in [9.17, 15) is 0 Å². The van der Waals surface area contributed by atoms with Crippen LogP contribution >= 0.6 is 0 Å². The lowest BCUT2D eigenvalue weighted by molar-refractivity contribution is 0.314. The van der Waals surface area contributed by atoms with Gasteiger partial charge in [0.25, 0.3) is 0 Å². The summed E-state index contributed by atoms with van der Waals surface area (Å²) in [6, 6.07) is 0. The van der Waals surface area contributed by atoms with Gasteiger partial charge in [0.1, 0.15) is 0 Å². The van der Waals surface area contributed by atoms with Gasteiger partial charge in [0.15, 0.2) is 0 Å². The largest absolute Gasteiger partial charge is 0.303 e. The summed E-state index contributed by atoms with van der Waals surface area (Å²) < 4.78 is 0. The van der Waals surface area contributed by atoms with Crippen molar-refractivity contribution in [3.63, 3.8) is 0 Å². The first-order valence-electron chi connectivity index (χ1n) is 6.04. The third-order valence-corrected chi connectivity index (χ3v) is 3.53. The molecule has 0 bridgehead atoms. The van der Waals surface area contributed by atoms with Crippen molar-refractivity contribution >= 4 is 0 Å². The number of likely N-dealkylation sites (tertiary alicyclic amines) is 1. The molecule has 0 aromatic rings. The maximum Gasteiger partial charge on any atom is 0.00128 e. The molecule has 2 atom stereocenters. The van der Waals surface area contributed by atoms with Crippen molar-refractivity contribution < 1.29 is 0 Å². The Bertz CT molecular complexity index is 121. The molecule has 1 heterocycles. The van der Waals surface area contributed by atoms with Crippen LogP contribution < -0.4 is 0 Å². The molecule has 0 aliphatic carbocycles. The van der Waals surface area contributed by atoms with Gasteiger partial charge in [-0.25, -0.2) is 0 Å². The normalized spacial score (nSPS) is 29.8. The molecule has 0 radical (unpaired) electrons. The minimum absolute atomic E-state index is 0.988. The molecule has 1 fully saturated rings. The van der Waals surface area contributed by atoms with Gasteiger partial charge >= 0.3 is 0 Å². The molecule has 1 nitrogen and oxygen atoms in total. The summed E-state index contributed by atoms with van der Waals surface area (Å²) in [7, 11) is 0. The van der Waals surface area contributed by atoms with Gasteiger partial charge in [-0.05, 0) is 24.8 Å². The number of hydrogen-bond donors (Lipinski definition) is 0. The van der Waals surface area contributed by atoms with E-state index in [0.717, 1.165) is 11.8 Å².